The molecule has 1 aromatic rings. The topological polar surface area (TPSA) is 18.5 Å². The third-order valence-electron chi connectivity index (χ3n) is 3.28. The second-order valence-electron chi connectivity index (χ2n) is 5.32. The van der Waals surface area contributed by atoms with Gasteiger partial charge in [-0.05, 0) is 25.0 Å². The summed E-state index contributed by atoms with van der Waals surface area (Å²) in [6.45, 7) is 5.64. The van der Waals surface area contributed by atoms with E-state index < -0.39 is 0 Å². The molecular formula is C20H30O2. The van der Waals surface area contributed by atoms with Crippen LogP contribution in [0.25, 0.3) is 0 Å². The molecule has 0 aliphatic rings. The minimum absolute atomic E-state index is 0.615. The second kappa shape index (κ2) is 13.0. The van der Waals surface area contributed by atoms with Crippen LogP contribution in [0.4, 0.5) is 0 Å². The molecule has 0 aromatic heterocycles. The predicted molar refractivity (Wildman–Crippen MR) is 94.8 cm³/mol. The molecule has 0 fully saturated rings. The Morgan fingerprint density at radius 2 is 1.27 bits per heavy atom. The molecule has 0 heterocycles. The standard InChI is InChI=1S/C20H30O2/c1-3-5-7-9-11-16-21-19-14-13-15-20(18-19)22-17-12-10-8-6-4-2/h9-15,18H,3-8,16-17H2,1-2H3. The second-order valence-corrected chi connectivity index (χ2v) is 5.32. The van der Waals surface area contributed by atoms with Crippen LogP contribution in [0.3, 0.4) is 0 Å². The fourth-order valence-corrected chi connectivity index (χ4v) is 1.96. The van der Waals surface area contributed by atoms with E-state index in [9.17, 15) is 0 Å². The van der Waals surface area contributed by atoms with Gasteiger partial charge in [-0.1, -0.05) is 69.9 Å². The maximum absolute atomic E-state index is 5.70. The molecule has 22 heavy (non-hydrogen) atoms. The van der Waals surface area contributed by atoms with Gasteiger partial charge in [0.15, 0.2) is 0 Å². The highest BCUT2D eigenvalue weighted by molar-refractivity contribution is 5.33. The normalized spacial score (nSPS) is 11.4. The Morgan fingerprint density at radius 3 is 1.73 bits per heavy atom. The van der Waals surface area contributed by atoms with Crippen LogP contribution >= 0.6 is 0 Å². The van der Waals surface area contributed by atoms with Gasteiger partial charge in [0.05, 0.1) is 0 Å². The van der Waals surface area contributed by atoms with E-state index in [0.717, 1.165) is 24.3 Å². The molecule has 0 atom stereocenters. The highest BCUT2D eigenvalue weighted by atomic mass is 16.5. The molecule has 0 unspecified atom stereocenters. The van der Waals surface area contributed by atoms with E-state index in [-0.39, 0.29) is 0 Å². The molecule has 0 bridgehead atoms. The van der Waals surface area contributed by atoms with E-state index >= 15 is 0 Å². The van der Waals surface area contributed by atoms with E-state index in [2.05, 4.69) is 38.2 Å². The Balaban J connectivity index is 2.26. The number of allylic oxidation sites excluding steroid dienone is 2. The molecule has 1 rings (SSSR count). The average molecular weight is 302 g/mol. The number of ether oxygens (including phenoxy) is 2. The third kappa shape index (κ3) is 9.28. The maximum Gasteiger partial charge on any atom is 0.123 e. The van der Waals surface area contributed by atoms with Gasteiger partial charge in [-0.2, -0.15) is 0 Å². The van der Waals surface area contributed by atoms with E-state index in [1.54, 1.807) is 0 Å². The summed E-state index contributed by atoms with van der Waals surface area (Å²) in [4.78, 5) is 0. The van der Waals surface area contributed by atoms with Gasteiger partial charge in [-0.15, -0.1) is 0 Å². The maximum atomic E-state index is 5.70. The van der Waals surface area contributed by atoms with Crippen molar-refractivity contribution >= 4 is 0 Å². The quantitative estimate of drug-likeness (QED) is 0.351. The van der Waals surface area contributed by atoms with Crippen LogP contribution in [0, 0.1) is 0 Å². The Bertz CT molecular complexity index is 398. The Labute approximate surface area is 135 Å². The lowest BCUT2D eigenvalue weighted by Crippen LogP contribution is -1.96. The highest BCUT2D eigenvalue weighted by Crippen LogP contribution is 2.19. The first-order chi connectivity index (χ1) is 10.9. The molecule has 0 N–H and O–H groups in total. The van der Waals surface area contributed by atoms with Crippen LogP contribution in [0.2, 0.25) is 0 Å². The van der Waals surface area contributed by atoms with Crippen LogP contribution in [-0.2, 0) is 0 Å². The summed E-state index contributed by atoms with van der Waals surface area (Å²) < 4.78 is 11.4. The summed E-state index contributed by atoms with van der Waals surface area (Å²) >= 11 is 0. The lowest BCUT2D eigenvalue weighted by molar-refractivity contribution is 0.344. The molecule has 0 amide bonds. The molecule has 0 radical (unpaired) electrons. The number of hydrogen-bond acceptors (Lipinski definition) is 2. The molecule has 1 aromatic carbocycles. The Morgan fingerprint density at radius 1 is 0.773 bits per heavy atom. The molecule has 0 spiro atoms. The first kappa shape index (κ1) is 18.3. The fourth-order valence-electron chi connectivity index (χ4n) is 1.96. The zero-order valence-corrected chi connectivity index (χ0v) is 14.1. The lowest BCUT2D eigenvalue weighted by Gasteiger charge is -2.07. The minimum Gasteiger partial charge on any atom is -0.489 e. The number of hydrogen-bond donors (Lipinski definition) is 0. The van der Waals surface area contributed by atoms with Gasteiger partial charge in [0.25, 0.3) is 0 Å². The zero-order chi connectivity index (χ0) is 15.9. The summed E-state index contributed by atoms with van der Waals surface area (Å²) in [5.74, 6) is 1.71. The van der Waals surface area contributed by atoms with Crippen molar-refractivity contribution in [3.63, 3.8) is 0 Å². The summed E-state index contributed by atoms with van der Waals surface area (Å²) in [6, 6.07) is 7.83. The van der Waals surface area contributed by atoms with Crippen molar-refractivity contribution in [3.05, 3.63) is 48.6 Å². The molecule has 0 aliphatic heterocycles. The van der Waals surface area contributed by atoms with Gasteiger partial charge >= 0.3 is 0 Å². The van der Waals surface area contributed by atoms with E-state index in [1.807, 2.05) is 24.3 Å². The van der Waals surface area contributed by atoms with Gasteiger partial charge in [-0.25, -0.2) is 0 Å². The molecule has 2 nitrogen and oxygen atoms in total. The van der Waals surface area contributed by atoms with Crippen molar-refractivity contribution in [2.24, 2.45) is 0 Å². The lowest BCUT2D eigenvalue weighted by atomic mass is 10.2. The number of unbranched alkanes of at least 4 members (excludes halogenated alkanes) is 4. The van der Waals surface area contributed by atoms with Crippen LogP contribution in [0.15, 0.2) is 48.6 Å². The smallest absolute Gasteiger partial charge is 0.123 e. The van der Waals surface area contributed by atoms with Crippen molar-refractivity contribution in [2.75, 3.05) is 13.2 Å². The van der Waals surface area contributed by atoms with Gasteiger partial charge in [0.2, 0.25) is 0 Å². The van der Waals surface area contributed by atoms with Gasteiger partial charge in [-0.3, -0.25) is 0 Å². The van der Waals surface area contributed by atoms with Crippen LogP contribution in [0.5, 0.6) is 11.5 Å². The number of rotatable bonds is 12. The molecule has 122 valence electrons. The van der Waals surface area contributed by atoms with Crippen LogP contribution in [-0.4, -0.2) is 13.2 Å². The number of benzene rings is 1. The van der Waals surface area contributed by atoms with Crippen molar-refractivity contribution in [3.8, 4) is 11.5 Å². The van der Waals surface area contributed by atoms with Crippen molar-refractivity contribution in [1.29, 1.82) is 0 Å². The van der Waals surface area contributed by atoms with E-state index in [0.29, 0.717) is 13.2 Å². The first-order valence-electron chi connectivity index (χ1n) is 8.52. The third-order valence-corrected chi connectivity index (χ3v) is 3.28. The molecule has 0 saturated carbocycles. The molecule has 0 saturated heterocycles. The molecule has 0 aliphatic carbocycles. The van der Waals surface area contributed by atoms with Crippen molar-refractivity contribution < 1.29 is 9.47 Å². The molecular weight excluding hydrogens is 272 g/mol. The minimum atomic E-state index is 0.615. The van der Waals surface area contributed by atoms with Crippen LogP contribution < -0.4 is 9.47 Å². The van der Waals surface area contributed by atoms with Crippen molar-refractivity contribution in [1.82, 2.24) is 0 Å². The Hall–Kier alpha value is -1.70. The summed E-state index contributed by atoms with van der Waals surface area (Å²) in [7, 11) is 0. The summed E-state index contributed by atoms with van der Waals surface area (Å²) in [5, 5.41) is 0. The summed E-state index contributed by atoms with van der Waals surface area (Å²) in [5.41, 5.74) is 0. The predicted octanol–water partition coefficient (Wildman–Crippen LogP) is 5.94. The largest absolute Gasteiger partial charge is 0.489 e. The fraction of sp³-hybridized carbons (Fsp3) is 0.500. The monoisotopic (exact) mass is 302 g/mol. The highest BCUT2D eigenvalue weighted by Gasteiger charge is 1.96. The van der Waals surface area contributed by atoms with Gasteiger partial charge in [0.1, 0.15) is 24.7 Å². The van der Waals surface area contributed by atoms with E-state index in [1.165, 1.54) is 25.7 Å². The van der Waals surface area contributed by atoms with Gasteiger partial charge in [0, 0.05) is 6.07 Å². The van der Waals surface area contributed by atoms with Crippen LogP contribution in [0.1, 0.15) is 52.4 Å². The van der Waals surface area contributed by atoms with E-state index in [4.69, 9.17) is 9.47 Å². The van der Waals surface area contributed by atoms with Crippen molar-refractivity contribution in [2.45, 2.75) is 52.4 Å². The first-order valence-corrected chi connectivity index (χ1v) is 8.52. The SMILES string of the molecule is CCCCC=CCOc1cccc(OCC=CCCCC)c1. The average Bonchev–Trinajstić information content (AvgIpc) is 2.54. The summed E-state index contributed by atoms with van der Waals surface area (Å²) in [6.07, 6.45) is 15.8. The van der Waals surface area contributed by atoms with Gasteiger partial charge < -0.3 is 9.47 Å². The Kier molecular flexibility index (Phi) is 10.8. The molecule has 2 heteroatoms. The zero-order valence-electron chi connectivity index (χ0n) is 14.1.